The van der Waals surface area contributed by atoms with E-state index >= 15 is 0 Å². The number of benzene rings is 2. The normalized spacial score (nSPS) is 10.4. The van der Waals surface area contributed by atoms with E-state index in [2.05, 4.69) is 16.7 Å². The largest absolute Gasteiger partial charge is 0.490 e. The average Bonchev–Trinajstić information content (AvgIpc) is 3.15. The maximum Gasteiger partial charge on any atom is 0.254 e. The van der Waals surface area contributed by atoms with Gasteiger partial charge in [0.05, 0.1) is 6.54 Å². The molecule has 0 bridgehead atoms. The van der Waals surface area contributed by atoms with Gasteiger partial charge >= 0.3 is 0 Å². The van der Waals surface area contributed by atoms with E-state index in [4.69, 9.17) is 20.9 Å². The zero-order valence-corrected chi connectivity index (χ0v) is 15.5. The molecule has 3 aromatic rings. The summed E-state index contributed by atoms with van der Waals surface area (Å²) in [5, 5.41) is 4.58. The van der Waals surface area contributed by atoms with E-state index in [0.717, 1.165) is 5.56 Å². The van der Waals surface area contributed by atoms with Crippen molar-refractivity contribution >= 4 is 17.5 Å². The monoisotopic (exact) mass is 383 g/mol. The van der Waals surface area contributed by atoms with E-state index in [1.807, 2.05) is 0 Å². The summed E-state index contributed by atoms with van der Waals surface area (Å²) in [6, 6.07) is 14.1. The third-order valence-electron chi connectivity index (χ3n) is 3.74. The first-order valence-corrected chi connectivity index (χ1v) is 8.62. The number of rotatable bonds is 7. The SMILES string of the molecule is C=CCOc1cccc(C(=O)N(C)Cc2nc(-c3ccc(Cl)cc3)no2)c1. The molecule has 0 atom stereocenters. The van der Waals surface area contributed by atoms with Crippen molar-refractivity contribution in [3.05, 3.63) is 77.7 Å². The van der Waals surface area contributed by atoms with E-state index in [-0.39, 0.29) is 12.5 Å². The lowest BCUT2D eigenvalue weighted by atomic mass is 10.2. The van der Waals surface area contributed by atoms with Crippen molar-refractivity contribution in [3.63, 3.8) is 0 Å². The molecule has 27 heavy (non-hydrogen) atoms. The number of hydrogen-bond donors (Lipinski definition) is 0. The molecule has 1 aromatic heterocycles. The van der Waals surface area contributed by atoms with Crippen molar-refractivity contribution in [2.24, 2.45) is 0 Å². The number of aromatic nitrogens is 2. The highest BCUT2D eigenvalue weighted by atomic mass is 35.5. The molecule has 1 amide bonds. The highest BCUT2D eigenvalue weighted by molar-refractivity contribution is 6.30. The maximum atomic E-state index is 12.6. The minimum atomic E-state index is -0.176. The lowest BCUT2D eigenvalue weighted by Crippen LogP contribution is -2.26. The molecule has 1 heterocycles. The second-order valence-corrected chi connectivity index (χ2v) is 6.24. The summed E-state index contributed by atoms with van der Waals surface area (Å²) >= 11 is 5.88. The summed E-state index contributed by atoms with van der Waals surface area (Å²) in [6.45, 7) is 4.18. The summed E-state index contributed by atoms with van der Waals surface area (Å²) in [5.41, 5.74) is 1.30. The fourth-order valence-electron chi connectivity index (χ4n) is 2.40. The second-order valence-electron chi connectivity index (χ2n) is 5.81. The van der Waals surface area contributed by atoms with Crippen molar-refractivity contribution < 1.29 is 14.1 Å². The van der Waals surface area contributed by atoms with Gasteiger partial charge < -0.3 is 14.2 Å². The number of amides is 1. The Labute approximate surface area is 162 Å². The predicted octanol–water partition coefficient (Wildman–Crippen LogP) is 4.23. The zero-order chi connectivity index (χ0) is 19.2. The molecule has 0 fully saturated rings. The molecule has 2 aromatic carbocycles. The quantitative estimate of drug-likeness (QED) is 0.571. The lowest BCUT2D eigenvalue weighted by molar-refractivity contribution is 0.0769. The van der Waals surface area contributed by atoms with Crippen molar-refractivity contribution in [2.75, 3.05) is 13.7 Å². The Morgan fingerprint density at radius 1 is 1.30 bits per heavy atom. The molecule has 0 saturated heterocycles. The Morgan fingerprint density at radius 3 is 2.81 bits per heavy atom. The Hall–Kier alpha value is -3.12. The zero-order valence-electron chi connectivity index (χ0n) is 14.8. The molecule has 138 valence electrons. The number of ether oxygens (including phenoxy) is 1. The summed E-state index contributed by atoms with van der Waals surface area (Å²) < 4.78 is 10.7. The van der Waals surface area contributed by atoms with Gasteiger partial charge in [-0.3, -0.25) is 4.79 Å². The first-order valence-electron chi connectivity index (χ1n) is 8.24. The van der Waals surface area contributed by atoms with Crippen LogP contribution in [-0.2, 0) is 6.54 Å². The van der Waals surface area contributed by atoms with Gasteiger partial charge in [-0.15, -0.1) is 0 Å². The van der Waals surface area contributed by atoms with Gasteiger partial charge in [0, 0.05) is 23.2 Å². The number of carbonyl (C=O) groups excluding carboxylic acids is 1. The van der Waals surface area contributed by atoms with E-state index in [1.165, 1.54) is 4.90 Å². The van der Waals surface area contributed by atoms with E-state index in [1.54, 1.807) is 61.7 Å². The maximum absolute atomic E-state index is 12.6. The van der Waals surface area contributed by atoms with Gasteiger partial charge in [0.1, 0.15) is 12.4 Å². The van der Waals surface area contributed by atoms with E-state index in [9.17, 15) is 4.79 Å². The molecule has 7 heteroatoms. The molecule has 0 spiro atoms. The first kappa shape index (κ1) is 18.7. The smallest absolute Gasteiger partial charge is 0.254 e. The van der Waals surface area contributed by atoms with Crippen LogP contribution >= 0.6 is 11.6 Å². The third-order valence-corrected chi connectivity index (χ3v) is 3.99. The minimum Gasteiger partial charge on any atom is -0.490 e. The predicted molar refractivity (Wildman–Crippen MR) is 103 cm³/mol. The summed E-state index contributed by atoms with van der Waals surface area (Å²) in [4.78, 5) is 18.5. The first-order chi connectivity index (χ1) is 13.1. The van der Waals surface area contributed by atoms with Crippen LogP contribution in [0.4, 0.5) is 0 Å². The van der Waals surface area contributed by atoms with Crippen molar-refractivity contribution in [3.8, 4) is 17.1 Å². The molecule has 0 saturated carbocycles. The highest BCUT2D eigenvalue weighted by Gasteiger charge is 2.16. The van der Waals surface area contributed by atoms with Crippen LogP contribution in [-0.4, -0.2) is 34.6 Å². The van der Waals surface area contributed by atoms with Gasteiger partial charge in [-0.1, -0.05) is 35.5 Å². The van der Waals surface area contributed by atoms with Crippen molar-refractivity contribution in [1.29, 1.82) is 0 Å². The van der Waals surface area contributed by atoms with Crippen LogP contribution in [0.2, 0.25) is 5.02 Å². The molecule has 6 nitrogen and oxygen atoms in total. The second kappa shape index (κ2) is 8.51. The Kier molecular flexibility index (Phi) is 5.88. The van der Waals surface area contributed by atoms with Gasteiger partial charge in [0.25, 0.3) is 5.91 Å². The molecule has 0 radical (unpaired) electrons. The van der Waals surface area contributed by atoms with Crippen LogP contribution in [0.3, 0.4) is 0 Å². The van der Waals surface area contributed by atoms with Crippen molar-refractivity contribution in [2.45, 2.75) is 6.54 Å². The lowest BCUT2D eigenvalue weighted by Gasteiger charge is -2.15. The molecule has 0 aliphatic carbocycles. The van der Waals surface area contributed by atoms with Gasteiger partial charge in [0.2, 0.25) is 11.7 Å². The van der Waals surface area contributed by atoms with Crippen LogP contribution in [0.1, 0.15) is 16.2 Å². The number of halogens is 1. The minimum absolute atomic E-state index is 0.176. The summed E-state index contributed by atoms with van der Waals surface area (Å²) in [5.74, 6) is 1.22. The van der Waals surface area contributed by atoms with Crippen LogP contribution in [0.5, 0.6) is 5.75 Å². The van der Waals surface area contributed by atoms with Crippen LogP contribution in [0.25, 0.3) is 11.4 Å². The van der Waals surface area contributed by atoms with Crippen LogP contribution in [0.15, 0.2) is 65.7 Å². The Balaban J connectivity index is 1.68. The summed E-state index contributed by atoms with van der Waals surface area (Å²) in [6.07, 6.45) is 1.65. The number of nitrogens with zero attached hydrogens (tertiary/aromatic N) is 3. The van der Waals surface area contributed by atoms with Gasteiger partial charge in [-0.25, -0.2) is 0 Å². The third kappa shape index (κ3) is 4.74. The fraction of sp³-hybridized carbons (Fsp3) is 0.150. The van der Waals surface area contributed by atoms with Crippen LogP contribution in [0, 0.1) is 0 Å². The fourth-order valence-corrected chi connectivity index (χ4v) is 2.53. The summed E-state index contributed by atoms with van der Waals surface area (Å²) in [7, 11) is 1.67. The van der Waals surface area contributed by atoms with Gasteiger partial charge in [-0.05, 0) is 42.5 Å². The van der Waals surface area contributed by atoms with E-state index in [0.29, 0.717) is 34.7 Å². The molecule has 0 aliphatic heterocycles. The van der Waals surface area contributed by atoms with Gasteiger partial charge in [-0.2, -0.15) is 4.98 Å². The molecular formula is C20H18ClN3O3. The standard InChI is InChI=1S/C20H18ClN3O3/c1-3-11-26-17-6-4-5-15(12-17)20(25)24(2)13-18-22-19(23-27-18)14-7-9-16(21)10-8-14/h3-10,12H,1,11,13H2,2H3. The van der Waals surface area contributed by atoms with Gasteiger partial charge in [0.15, 0.2) is 0 Å². The number of carbonyl (C=O) groups is 1. The molecule has 0 N–H and O–H groups in total. The van der Waals surface area contributed by atoms with E-state index < -0.39 is 0 Å². The van der Waals surface area contributed by atoms with Crippen LogP contribution < -0.4 is 4.74 Å². The Morgan fingerprint density at radius 2 is 2.07 bits per heavy atom. The number of hydrogen-bond acceptors (Lipinski definition) is 5. The average molecular weight is 384 g/mol. The van der Waals surface area contributed by atoms with Crippen molar-refractivity contribution in [1.82, 2.24) is 15.0 Å². The Bertz CT molecular complexity index is 938. The molecular weight excluding hydrogens is 366 g/mol. The topological polar surface area (TPSA) is 68.5 Å². The highest BCUT2D eigenvalue weighted by Crippen LogP contribution is 2.20. The molecule has 0 aliphatic rings. The molecule has 3 rings (SSSR count). The molecule has 0 unspecified atom stereocenters.